The van der Waals surface area contributed by atoms with Gasteiger partial charge in [0.15, 0.2) is 5.82 Å². The van der Waals surface area contributed by atoms with Crippen molar-refractivity contribution in [2.45, 2.75) is 25.9 Å². The number of rotatable bonds is 7. The summed E-state index contributed by atoms with van der Waals surface area (Å²) < 4.78 is 31.2. The first-order valence-electron chi connectivity index (χ1n) is 9.69. The molecule has 1 N–H and O–H groups in total. The Hall–Kier alpha value is -3.63. The van der Waals surface area contributed by atoms with Crippen LogP contribution in [-0.4, -0.2) is 50.8 Å². The molecule has 0 atom stereocenters. The molecule has 1 aliphatic rings. The summed E-state index contributed by atoms with van der Waals surface area (Å²) in [6.07, 6.45) is 7.16. The van der Waals surface area contributed by atoms with Gasteiger partial charge in [-0.2, -0.15) is 13.9 Å². The van der Waals surface area contributed by atoms with Gasteiger partial charge in [-0.1, -0.05) is 0 Å². The fraction of sp³-hybridized carbons (Fsp3) is 0.350. The van der Waals surface area contributed by atoms with Crippen LogP contribution < -0.4 is 15.0 Å². The zero-order valence-electron chi connectivity index (χ0n) is 17.0. The van der Waals surface area contributed by atoms with Gasteiger partial charge in [0.05, 0.1) is 18.4 Å². The van der Waals surface area contributed by atoms with Crippen LogP contribution in [0.2, 0.25) is 0 Å². The molecular weight excluding hydrogens is 408 g/mol. The van der Waals surface area contributed by atoms with E-state index in [2.05, 4.69) is 30.1 Å². The fourth-order valence-corrected chi connectivity index (χ4v) is 3.53. The number of hydrogen-bond acceptors (Lipinski definition) is 7. The molecule has 11 heteroatoms. The van der Waals surface area contributed by atoms with Crippen LogP contribution in [0.1, 0.15) is 17.7 Å². The van der Waals surface area contributed by atoms with E-state index in [0.29, 0.717) is 23.0 Å². The highest BCUT2D eigenvalue weighted by atomic mass is 19.3. The predicted octanol–water partition coefficient (Wildman–Crippen LogP) is 2.44. The number of aromatic nitrogens is 5. The summed E-state index contributed by atoms with van der Waals surface area (Å²) in [5, 5.41) is 6.82. The summed E-state index contributed by atoms with van der Waals surface area (Å²) in [6.45, 7) is -2.86. The Morgan fingerprint density at radius 3 is 2.94 bits per heavy atom. The fourth-order valence-electron chi connectivity index (χ4n) is 3.53. The van der Waals surface area contributed by atoms with E-state index in [1.165, 1.54) is 18.3 Å². The van der Waals surface area contributed by atoms with Crippen LogP contribution in [0.25, 0.3) is 11.5 Å². The number of nitrogens with one attached hydrogen (secondary N) is 1. The summed E-state index contributed by atoms with van der Waals surface area (Å²) in [6, 6.07) is 2.72. The molecule has 0 saturated carbocycles. The third kappa shape index (κ3) is 4.76. The smallest absolute Gasteiger partial charge is 0.387 e. The van der Waals surface area contributed by atoms with E-state index in [9.17, 15) is 13.6 Å². The average Bonchev–Trinajstić information content (AvgIpc) is 3.35. The van der Waals surface area contributed by atoms with Crippen molar-refractivity contribution in [2.75, 3.05) is 23.8 Å². The van der Waals surface area contributed by atoms with Crippen LogP contribution in [0.15, 0.2) is 30.7 Å². The summed E-state index contributed by atoms with van der Waals surface area (Å²) in [5.74, 6) is 0.693. The minimum Gasteiger partial charge on any atom is -0.435 e. The summed E-state index contributed by atoms with van der Waals surface area (Å²) in [4.78, 5) is 27.6. The molecule has 3 heterocycles. The molecule has 31 heavy (non-hydrogen) atoms. The Morgan fingerprint density at radius 1 is 1.35 bits per heavy atom. The van der Waals surface area contributed by atoms with Gasteiger partial charge in [0.25, 0.3) is 0 Å². The summed E-state index contributed by atoms with van der Waals surface area (Å²) in [5.41, 5.74) is 2.79. The van der Waals surface area contributed by atoms with Crippen LogP contribution in [0.4, 0.5) is 20.3 Å². The number of pyridine rings is 1. The zero-order valence-corrected chi connectivity index (χ0v) is 17.0. The topological polar surface area (TPSA) is 98.1 Å². The maximum Gasteiger partial charge on any atom is 0.387 e. The second-order valence-corrected chi connectivity index (χ2v) is 7.21. The number of fused-ring (bicyclic) bond motifs is 1. The molecule has 0 unspecified atom stereocenters. The molecule has 0 spiro atoms. The Kier molecular flexibility index (Phi) is 5.74. The minimum absolute atomic E-state index is 0.0187. The lowest BCUT2D eigenvalue weighted by Crippen LogP contribution is -2.31. The number of amides is 1. The van der Waals surface area contributed by atoms with E-state index >= 15 is 0 Å². The van der Waals surface area contributed by atoms with Gasteiger partial charge in [-0.15, -0.1) is 0 Å². The molecular formula is C20H21F2N7O2. The van der Waals surface area contributed by atoms with Crippen molar-refractivity contribution < 1.29 is 18.3 Å². The molecule has 0 bridgehead atoms. The summed E-state index contributed by atoms with van der Waals surface area (Å²) >= 11 is 0. The second kappa shape index (κ2) is 8.62. The number of nitrogens with zero attached hydrogens (tertiary/aromatic N) is 6. The second-order valence-electron chi connectivity index (χ2n) is 7.21. The summed E-state index contributed by atoms with van der Waals surface area (Å²) in [7, 11) is 3.54. The molecule has 0 saturated heterocycles. The van der Waals surface area contributed by atoms with Crippen molar-refractivity contribution in [2.24, 2.45) is 7.05 Å². The first-order valence-corrected chi connectivity index (χ1v) is 9.69. The number of carbonyl (C=O) groups excluding carboxylic acids is 1. The number of aryl methyl sites for hydroxylation is 2. The Bertz CT molecular complexity index is 1100. The number of halogens is 2. The van der Waals surface area contributed by atoms with Crippen molar-refractivity contribution in [3.63, 3.8) is 0 Å². The molecule has 1 amide bonds. The van der Waals surface area contributed by atoms with Gasteiger partial charge in [0.2, 0.25) is 5.91 Å². The van der Waals surface area contributed by atoms with Gasteiger partial charge >= 0.3 is 6.61 Å². The van der Waals surface area contributed by atoms with Crippen LogP contribution in [0.3, 0.4) is 0 Å². The van der Waals surface area contributed by atoms with E-state index in [-0.39, 0.29) is 18.2 Å². The third-order valence-electron chi connectivity index (χ3n) is 4.83. The minimum atomic E-state index is -2.93. The number of anilines is 2. The van der Waals surface area contributed by atoms with Crippen LogP contribution in [0, 0.1) is 0 Å². The van der Waals surface area contributed by atoms with Gasteiger partial charge in [-0.05, 0) is 25.3 Å². The molecule has 0 aliphatic heterocycles. The van der Waals surface area contributed by atoms with Crippen molar-refractivity contribution >= 4 is 17.4 Å². The highest BCUT2D eigenvalue weighted by molar-refractivity contribution is 5.93. The van der Waals surface area contributed by atoms with Crippen molar-refractivity contribution in [1.82, 2.24) is 24.7 Å². The Morgan fingerprint density at radius 2 is 2.19 bits per heavy atom. The largest absolute Gasteiger partial charge is 0.435 e. The van der Waals surface area contributed by atoms with Crippen molar-refractivity contribution in [1.29, 1.82) is 0 Å². The molecule has 4 rings (SSSR count). The molecule has 3 aromatic rings. The zero-order chi connectivity index (χ0) is 22.0. The predicted molar refractivity (Wildman–Crippen MR) is 109 cm³/mol. The van der Waals surface area contributed by atoms with Gasteiger partial charge in [-0.25, -0.2) is 9.97 Å². The molecule has 0 radical (unpaired) electrons. The van der Waals surface area contributed by atoms with Crippen molar-refractivity contribution in [3.8, 4) is 17.3 Å². The lowest BCUT2D eigenvalue weighted by Gasteiger charge is -2.21. The monoisotopic (exact) mass is 429 g/mol. The number of hydrogen-bond donors (Lipinski definition) is 1. The van der Waals surface area contributed by atoms with Gasteiger partial charge in [0, 0.05) is 43.8 Å². The number of ether oxygens (including phenoxy) is 1. The highest BCUT2D eigenvalue weighted by Crippen LogP contribution is 2.31. The van der Waals surface area contributed by atoms with Gasteiger partial charge in [-0.3, -0.25) is 14.5 Å². The molecule has 1 aliphatic carbocycles. The van der Waals surface area contributed by atoms with E-state index in [0.717, 1.165) is 30.5 Å². The quantitative estimate of drug-likeness (QED) is 0.616. The van der Waals surface area contributed by atoms with E-state index in [4.69, 9.17) is 0 Å². The molecule has 162 valence electrons. The lowest BCUT2D eigenvalue weighted by atomic mass is 10.2. The van der Waals surface area contributed by atoms with Gasteiger partial charge < -0.3 is 15.0 Å². The molecule has 0 fully saturated rings. The van der Waals surface area contributed by atoms with Crippen LogP contribution in [0.5, 0.6) is 5.75 Å². The number of likely N-dealkylation sites (N-methyl/N-ethyl adjacent to an activating group) is 1. The van der Waals surface area contributed by atoms with E-state index < -0.39 is 6.61 Å². The molecule has 0 aromatic carbocycles. The number of alkyl halides is 2. The van der Waals surface area contributed by atoms with E-state index in [1.54, 1.807) is 36.1 Å². The van der Waals surface area contributed by atoms with E-state index in [1.807, 2.05) is 0 Å². The first kappa shape index (κ1) is 20.6. The Labute approximate surface area is 177 Å². The Balaban J connectivity index is 1.59. The van der Waals surface area contributed by atoms with Crippen molar-refractivity contribution in [3.05, 3.63) is 42.0 Å². The maximum absolute atomic E-state index is 12.6. The maximum atomic E-state index is 12.6. The van der Waals surface area contributed by atoms with Gasteiger partial charge in [0.1, 0.15) is 17.3 Å². The normalized spacial score (nSPS) is 12.7. The molecule has 9 nitrogen and oxygen atoms in total. The molecule has 3 aromatic heterocycles. The first-order chi connectivity index (χ1) is 14.9. The SMILES string of the molecule is CN(CC(=O)Nc1cnn(C)c1)c1nc(-c2cc(OC(F)F)ccn2)nc2c1CCC2. The average molecular weight is 429 g/mol. The standard InChI is InChI=1S/C20H21F2N7O2/c1-28(11-17(30)25-12-9-24-29(2)10-12)19-14-4-3-5-15(14)26-18(27-19)16-8-13(6-7-23-16)31-20(21)22/h6-10,20H,3-5,11H2,1-2H3,(H,25,30). The third-order valence-corrected chi connectivity index (χ3v) is 4.83. The lowest BCUT2D eigenvalue weighted by molar-refractivity contribution is -0.114. The highest BCUT2D eigenvalue weighted by Gasteiger charge is 2.24. The van der Waals surface area contributed by atoms with Crippen LogP contribution in [-0.2, 0) is 24.7 Å². The van der Waals surface area contributed by atoms with Crippen LogP contribution >= 0.6 is 0 Å². The number of carbonyl (C=O) groups is 1.